The van der Waals surface area contributed by atoms with Gasteiger partial charge in [-0.25, -0.2) is 9.18 Å². The van der Waals surface area contributed by atoms with E-state index >= 15 is 0 Å². The Kier molecular flexibility index (Phi) is 4.43. The number of carboxylic acid groups (broad SMARTS) is 1. The molecule has 16 heavy (non-hydrogen) atoms. The summed E-state index contributed by atoms with van der Waals surface area (Å²) in [6, 6.07) is 2.94. The standard InChI is InChI=1S/C12H15FO3/c1-8-5-10(13)6-9(2)11(8)3-4-16-7-12(14)15/h5-6H,3-4,7H2,1-2H3,(H,14,15). The molecule has 0 aliphatic carbocycles. The van der Waals surface area contributed by atoms with Crippen LogP contribution in [-0.4, -0.2) is 24.3 Å². The number of ether oxygens (including phenoxy) is 1. The molecule has 0 fully saturated rings. The van der Waals surface area contributed by atoms with Crippen LogP contribution in [0.25, 0.3) is 0 Å². The van der Waals surface area contributed by atoms with E-state index in [9.17, 15) is 9.18 Å². The van der Waals surface area contributed by atoms with Crippen LogP contribution in [0.4, 0.5) is 4.39 Å². The second-order valence-electron chi connectivity index (χ2n) is 3.71. The highest BCUT2D eigenvalue weighted by Gasteiger charge is 2.05. The zero-order chi connectivity index (χ0) is 12.1. The average molecular weight is 226 g/mol. The SMILES string of the molecule is Cc1cc(F)cc(C)c1CCOCC(=O)O. The fourth-order valence-corrected chi connectivity index (χ4v) is 1.67. The summed E-state index contributed by atoms with van der Waals surface area (Å²) in [5, 5.41) is 8.38. The van der Waals surface area contributed by atoms with Crippen LogP contribution in [0.2, 0.25) is 0 Å². The molecule has 0 aliphatic rings. The van der Waals surface area contributed by atoms with Crippen LogP contribution < -0.4 is 0 Å². The lowest BCUT2D eigenvalue weighted by molar-refractivity contribution is -0.142. The summed E-state index contributed by atoms with van der Waals surface area (Å²) < 4.78 is 17.9. The topological polar surface area (TPSA) is 46.5 Å². The summed E-state index contributed by atoms with van der Waals surface area (Å²) in [7, 11) is 0. The molecular formula is C12H15FO3. The maximum Gasteiger partial charge on any atom is 0.329 e. The minimum atomic E-state index is -0.979. The maximum absolute atomic E-state index is 13.0. The normalized spacial score (nSPS) is 10.4. The monoisotopic (exact) mass is 226 g/mol. The summed E-state index contributed by atoms with van der Waals surface area (Å²) in [6.07, 6.45) is 0.602. The van der Waals surface area contributed by atoms with Gasteiger partial charge in [0, 0.05) is 0 Å². The summed E-state index contributed by atoms with van der Waals surface area (Å²) >= 11 is 0. The van der Waals surface area contributed by atoms with Crippen LogP contribution in [0.15, 0.2) is 12.1 Å². The molecule has 0 amide bonds. The molecule has 0 radical (unpaired) electrons. The van der Waals surface area contributed by atoms with Crippen LogP contribution in [0.3, 0.4) is 0 Å². The van der Waals surface area contributed by atoms with Crippen LogP contribution in [0.5, 0.6) is 0 Å². The van der Waals surface area contributed by atoms with Gasteiger partial charge in [0.2, 0.25) is 0 Å². The molecule has 0 spiro atoms. The quantitative estimate of drug-likeness (QED) is 0.782. The lowest BCUT2D eigenvalue weighted by atomic mass is 10.0. The number of hydrogen-bond donors (Lipinski definition) is 1. The van der Waals surface area contributed by atoms with E-state index in [0.29, 0.717) is 13.0 Å². The van der Waals surface area contributed by atoms with Gasteiger partial charge in [-0.15, -0.1) is 0 Å². The second-order valence-corrected chi connectivity index (χ2v) is 3.71. The number of carboxylic acids is 1. The summed E-state index contributed by atoms with van der Waals surface area (Å²) in [6.45, 7) is 3.71. The van der Waals surface area contributed by atoms with Crippen molar-refractivity contribution in [2.24, 2.45) is 0 Å². The van der Waals surface area contributed by atoms with Gasteiger partial charge in [0.15, 0.2) is 0 Å². The number of hydrogen-bond acceptors (Lipinski definition) is 2. The lowest BCUT2D eigenvalue weighted by Crippen LogP contribution is -2.10. The minimum Gasteiger partial charge on any atom is -0.480 e. The fraction of sp³-hybridized carbons (Fsp3) is 0.417. The molecule has 4 heteroatoms. The van der Waals surface area contributed by atoms with Crippen molar-refractivity contribution in [3.05, 3.63) is 34.6 Å². The van der Waals surface area contributed by atoms with Crippen molar-refractivity contribution in [1.82, 2.24) is 0 Å². The first kappa shape index (κ1) is 12.6. The Hall–Kier alpha value is -1.42. The number of aliphatic carboxylic acids is 1. The molecule has 0 aromatic heterocycles. The highest BCUT2D eigenvalue weighted by atomic mass is 19.1. The molecule has 88 valence electrons. The van der Waals surface area contributed by atoms with Crippen molar-refractivity contribution in [2.45, 2.75) is 20.3 Å². The van der Waals surface area contributed by atoms with Crippen LogP contribution in [0.1, 0.15) is 16.7 Å². The molecule has 0 atom stereocenters. The Bertz CT molecular complexity index is 365. The van der Waals surface area contributed by atoms with Gasteiger partial charge in [-0.05, 0) is 49.1 Å². The number of carbonyl (C=O) groups is 1. The van der Waals surface area contributed by atoms with Crippen molar-refractivity contribution in [3.8, 4) is 0 Å². The van der Waals surface area contributed by atoms with Gasteiger partial charge < -0.3 is 9.84 Å². The molecule has 0 saturated carbocycles. The molecule has 0 aliphatic heterocycles. The Labute approximate surface area is 93.9 Å². The van der Waals surface area contributed by atoms with Gasteiger partial charge in [0.25, 0.3) is 0 Å². The van der Waals surface area contributed by atoms with Gasteiger partial charge in [-0.2, -0.15) is 0 Å². The Morgan fingerprint density at radius 1 is 1.38 bits per heavy atom. The predicted molar refractivity (Wildman–Crippen MR) is 58.0 cm³/mol. The molecule has 0 unspecified atom stereocenters. The van der Waals surface area contributed by atoms with E-state index < -0.39 is 5.97 Å². The minimum absolute atomic E-state index is 0.245. The molecule has 1 aromatic carbocycles. The lowest BCUT2D eigenvalue weighted by Gasteiger charge is -2.09. The van der Waals surface area contributed by atoms with Crippen molar-refractivity contribution in [1.29, 1.82) is 0 Å². The summed E-state index contributed by atoms with van der Waals surface area (Å²) in [4.78, 5) is 10.2. The molecule has 1 N–H and O–H groups in total. The number of rotatable bonds is 5. The zero-order valence-electron chi connectivity index (χ0n) is 9.42. The number of halogens is 1. The van der Waals surface area contributed by atoms with E-state index in [0.717, 1.165) is 16.7 Å². The summed E-state index contributed by atoms with van der Waals surface area (Å²) in [5.41, 5.74) is 2.76. The molecule has 0 heterocycles. The smallest absolute Gasteiger partial charge is 0.329 e. The highest BCUT2D eigenvalue weighted by Crippen LogP contribution is 2.16. The van der Waals surface area contributed by atoms with Gasteiger partial charge >= 0.3 is 5.97 Å². The van der Waals surface area contributed by atoms with E-state index in [4.69, 9.17) is 9.84 Å². The third-order valence-corrected chi connectivity index (χ3v) is 2.38. The van der Waals surface area contributed by atoms with Crippen molar-refractivity contribution in [3.63, 3.8) is 0 Å². The number of benzene rings is 1. The maximum atomic E-state index is 13.0. The van der Waals surface area contributed by atoms with Crippen molar-refractivity contribution < 1.29 is 19.0 Å². The van der Waals surface area contributed by atoms with E-state index in [2.05, 4.69) is 0 Å². The molecule has 0 bridgehead atoms. The molecule has 3 nitrogen and oxygen atoms in total. The van der Waals surface area contributed by atoms with Crippen LogP contribution >= 0.6 is 0 Å². The first-order valence-electron chi connectivity index (χ1n) is 5.06. The molecular weight excluding hydrogens is 211 g/mol. The Balaban J connectivity index is 2.57. The van der Waals surface area contributed by atoms with Gasteiger partial charge in [0.05, 0.1) is 6.61 Å². The molecule has 0 saturated heterocycles. The highest BCUT2D eigenvalue weighted by molar-refractivity contribution is 5.67. The van der Waals surface area contributed by atoms with Gasteiger partial charge in [-0.3, -0.25) is 0 Å². The molecule has 1 rings (SSSR count). The van der Waals surface area contributed by atoms with Crippen LogP contribution in [0, 0.1) is 19.7 Å². The average Bonchev–Trinajstić information content (AvgIpc) is 2.14. The van der Waals surface area contributed by atoms with Crippen molar-refractivity contribution in [2.75, 3.05) is 13.2 Å². The first-order chi connectivity index (χ1) is 7.50. The van der Waals surface area contributed by atoms with Crippen molar-refractivity contribution >= 4 is 5.97 Å². The second kappa shape index (κ2) is 5.61. The fourth-order valence-electron chi connectivity index (χ4n) is 1.67. The predicted octanol–water partition coefficient (Wildman–Crippen LogP) is 2.09. The van der Waals surface area contributed by atoms with E-state index in [1.54, 1.807) is 0 Å². The zero-order valence-corrected chi connectivity index (χ0v) is 9.42. The largest absolute Gasteiger partial charge is 0.480 e. The van der Waals surface area contributed by atoms with E-state index in [1.807, 2.05) is 13.8 Å². The van der Waals surface area contributed by atoms with Crippen LogP contribution in [-0.2, 0) is 16.0 Å². The van der Waals surface area contributed by atoms with Gasteiger partial charge in [0.1, 0.15) is 12.4 Å². The molecule has 1 aromatic rings. The van der Waals surface area contributed by atoms with Gasteiger partial charge in [-0.1, -0.05) is 0 Å². The first-order valence-corrected chi connectivity index (χ1v) is 5.06. The van der Waals surface area contributed by atoms with E-state index in [1.165, 1.54) is 12.1 Å². The number of aryl methyl sites for hydroxylation is 2. The summed E-state index contributed by atoms with van der Waals surface area (Å²) in [5.74, 6) is -1.22. The third-order valence-electron chi connectivity index (χ3n) is 2.38. The Morgan fingerprint density at radius 2 is 1.94 bits per heavy atom. The Morgan fingerprint density at radius 3 is 2.44 bits per heavy atom. The van der Waals surface area contributed by atoms with E-state index in [-0.39, 0.29) is 12.4 Å². The third kappa shape index (κ3) is 3.62.